The molecule has 0 saturated carbocycles. The molecule has 3 amide bonds. The van der Waals surface area contributed by atoms with E-state index in [1.807, 2.05) is 61.5 Å². The first-order chi connectivity index (χ1) is 17.5. The molecule has 1 heterocycles. The molecule has 36 heavy (non-hydrogen) atoms. The molecule has 1 aliphatic heterocycles. The fraction of sp³-hybridized carbons (Fsp3) is 0.276. The second-order valence-electron chi connectivity index (χ2n) is 9.10. The summed E-state index contributed by atoms with van der Waals surface area (Å²) in [4.78, 5) is 40.2. The zero-order valence-corrected chi connectivity index (χ0v) is 20.5. The number of rotatable bonds is 8. The van der Waals surface area contributed by atoms with Crippen molar-refractivity contribution in [2.45, 2.75) is 32.4 Å². The van der Waals surface area contributed by atoms with Gasteiger partial charge in [0.15, 0.2) is 0 Å². The largest absolute Gasteiger partial charge is 0.349 e. The fourth-order valence-corrected chi connectivity index (χ4v) is 4.38. The van der Waals surface area contributed by atoms with E-state index in [-0.39, 0.29) is 30.3 Å². The number of aryl methyl sites for hydroxylation is 1. The Morgan fingerprint density at radius 2 is 1.44 bits per heavy atom. The third kappa shape index (κ3) is 6.79. The van der Waals surface area contributed by atoms with E-state index in [2.05, 4.69) is 20.9 Å². The normalized spacial score (nSPS) is 14.1. The number of anilines is 1. The standard InChI is InChI=1S/C29H32N4O3/c1-21-9-5-6-12-24(21)29(36)31-23-15-17-33(18-16-23)20-27(34)32-26-14-8-7-13-25(26)28(35)30-19-22-10-3-2-4-11-22/h2-14,23H,15-20H2,1H3,(H,30,35)(H,31,36)(H,32,34). The molecule has 0 atom stereocenters. The van der Waals surface area contributed by atoms with Crippen LogP contribution in [0.2, 0.25) is 0 Å². The summed E-state index contributed by atoms with van der Waals surface area (Å²) in [6, 6.07) is 24.4. The van der Waals surface area contributed by atoms with Gasteiger partial charge in [0.2, 0.25) is 5.91 Å². The van der Waals surface area contributed by atoms with Gasteiger partial charge in [-0.3, -0.25) is 19.3 Å². The number of benzene rings is 3. The van der Waals surface area contributed by atoms with Crippen molar-refractivity contribution in [3.63, 3.8) is 0 Å². The molecule has 1 saturated heterocycles. The van der Waals surface area contributed by atoms with Gasteiger partial charge in [-0.1, -0.05) is 60.7 Å². The summed E-state index contributed by atoms with van der Waals surface area (Å²) in [7, 11) is 0. The van der Waals surface area contributed by atoms with E-state index in [1.165, 1.54) is 0 Å². The summed E-state index contributed by atoms with van der Waals surface area (Å²) in [5.74, 6) is -0.452. The summed E-state index contributed by atoms with van der Waals surface area (Å²) in [5, 5.41) is 8.93. The highest BCUT2D eigenvalue weighted by Gasteiger charge is 2.23. The number of likely N-dealkylation sites (tertiary alicyclic amines) is 1. The first-order valence-corrected chi connectivity index (χ1v) is 12.3. The van der Waals surface area contributed by atoms with Gasteiger partial charge in [-0.2, -0.15) is 0 Å². The van der Waals surface area contributed by atoms with Gasteiger partial charge in [0.1, 0.15) is 0 Å². The van der Waals surface area contributed by atoms with E-state index in [0.717, 1.165) is 24.0 Å². The molecular weight excluding hydrogens is 452 g/mol. The van der Waals surface area contributed by atoms with E-state index in [4.69, 9.17) is 0 Å². The zero-order valence-electron chi connectivity index (χ0n) is 20.5. The predicted molar refractivity (Wildman–Crippen MR) is 141 cm³/mol. The Morgan fingerprint density at radius 3 is 2.17 bits per heavy atom. The average molecular weight is 485 g/mol. The van der Waals surface area contributed by atoms with Crippen molar-refractivity contribution in [3.8, 4) is 0 Å². The van der Waals surface area contributed by atoms with E-state index in [1.54, 1.807) is 24.3 Å². The number of hydrogen-bond donors (Lipinski definition) is 3. The van der Waals surface area contributed by atoms with Crippen molar-refractivity contribution in [2.75, 3.05) is 25.0 Å². The lowest BCUT2D eigenvalue weighted by molar-refractivity contribution is -0.117. The van der Waals surface area contributed by atoms with Crippen LogP contribution in [0.4, 0.5) is 5.69 Å². The van der Waals surface area contributed by atoms with E-state index in [9.17, 15) is 14.4 Å². The highest BCUT2D eigenvalue weighted by atomic mass is 16.2. The Kier molecular flexibility index (Phi) is 8.47. The van der Waals surface area contributed by atoms with Gasteiger partial charge in [-0.15, -0.1) is 0 Å². The Morgan fingerprint density at radius 1 is 0.806 bits per heavy atom. The maximum absolute atomic E-state index is 12.8. The molecule has 7 heteroatoms. The summed E-state index contributed by atoms with van der Waals surface area (Å²) in [5.41, 5.74) is 3.59. The molecule has 3 aromatic carbocycles. The topological polar surface area (TPSA) is 90.5 Å². The van der Waals surface area contributed by atoms with Gasteiger partial charge in [0.05, 0.1) is 17.8 Å². The third-order valence-corrected chi connectivity index (χ3v) is 6.42. The van der Waals surface area contributed by atoms with Gasteiger partial charge in [0, 0.05) is 31.2 Å². The van der Waals surface area contributed by atoms with Crippen LogP contribution in [-0.4, -0.2) is 48.3 Å². The zero-order chi connectivity index (χ0) is 25.3. The summed E-state index contributed by atoms with van der Waals surface area (Å²) in [6.45, 7) is 4.01. The maximum atomic E-state index is 12.8. The van der Waals surface area contributed by atoms with E-state index < -0.39 is 0 Å². The molecule has 3 aromatic rings. The van der Waals surface area contributed by atoms with Crippen LogP contribution < -0.4 is 16.0 Å². The molecule has 1 fully saturated rings. The third-order valence-electron chi connectivity index (χ3n) is 6.42. The Hall–Kier alpha value is -3.97. The number of nitrogens with one attached hydrogen (secondary N) is 3. The molecule has 4 rings (SSSR count). The molecule has 3 N–H and O–H groups in total. The number of amides is 3. The molecule has 0 radical (unpaired) electrons. The molecule has 0 aliphatic carbocycles. The van der Waals surface area contributed by atoms with Crippen molar-refractivity contribution in [3.05, 3.63) is 101 Å². The number of nitrogens with zero attached hydrogens (tertiary/aromatic N) is 1. The van der Waals surface area contributed by atoms with Crippen molar-refractivity contribution in [1.29, 1.82) is 0 Å². The lowest BCUT2D eigenvalue weighted by atomic mass is 10.0. The number of hydrogen-bond acceptors (Lipinski definition) is 4. The summed E-state index contributed by atoms with van der Waals surface area (Å²) < 4.78 is 0. The SMILES string of the molecule is Cc1ccccc1C(=O)NC1CCN(CC(=O)Nc2ccccc2C(=O)NCc2ccccc2)CC1. The molecule has 0 bridgehead atoms. The minimum Gasteiger partial charge on any atom is -0.349 e. The number of carbonyl (C=O) groups is 3. The van der Waals surface area contributed by atoms with Gasteiger partial charge in [-0.05, 0) is 49.1 Å². The summed E-state index contributed by atoms with van der Waals surface area (Å²) >= 11 is 0. The van der Waals surface area contributed by atoms with Crippen LogP contribution in [0.15, 0.2) is 78.9 Å². The Balaban J connectivity index is 1.25. The first kappa shape index (κ1) is 25.1. The van der Waals surface area contributed by atoms with Gasteiger partial charge in [-0.25, -0.2) is 0 Å². The summed E-state index contributed by atoms with van der Waals surface area (Å²) in [6.07, 6.45) is 1.56. The number of carbonyl (C=O) groups excluding carboxylic acids is 3. The van der Waals surface area contributed by atoms with E-state index in [0.29, 0.717) is 36.4 Å². The fourth-order valence-electron chi connectivity index (χ4n) is 4.38. The minimum atomic E-state index is -0.236. The van der Waals surface area contributed by atoms with Crippen LogP contribution in [0, 0.1) is 6.92 Å². The second kappa shape index (κ2) is 12.1. The quantitative estimate of drug-likeness (QED) is 0.454. The highest BCUT2D eigenvalue weighted by molar-refractivity contribution is 6.04. The lowest BCUT2D eigenvalue weighted by Crippen LogP contribution is -2.46. The first-order valence-electron chi connectivity index (χ1n) is 12.3. The van der Waals surface area contributed by atoms with Crippen molar-refractivity contribution in [1.82, 2.24) is 15.5 Å². The number of piperidine rings is 1. The molecule has 1 aliphatic rings. The average Bonchev–Trinajstić information content (AvgIpc) is 2.89. The van der Waals surface area contributed by atoms with Crippen LogP contribution in [0.3, 0.4) is 0 Å². The molecule has 7 nitrogen and oxygen atoms in total. The highest BCUT2D eigenvalue weighted by Crippen LogP contribution is 2.17. The predicted octanol–water partition coefficient (Wildman–Crippen LogP) is 3.76. The Bertz CT molecular complexity index is 1200. The molecule has 0 unspecified atom stereocenters. The number of para-hydroxylation sites is 1. The van der Waals surface area contributed by atoms with Crippen LogP contribution in [-0.2, 0) is 11.3 Å². The van der Waals surface area contributed by atoms with Gasteiger partial charge >= 0.3 is 0 Å². The second-order valence-corrected chi connectivity index (χ2v) is 9.10. The van der Waals surface area contributed by atoms with E-state index >= 15 is 0 Å². The van der Waals surface area contributed by atoms with Crippen molar-refractivity contribution < 1.29 is 14.4 Å². The van der Waals surface area contributed by atoms with Crippen LogP contribution >= 0.6 is 0 Å². The molecule has 0 aromatic heterocycles. The molecule has 186 valence electrons. The molecular formula is C29H32N4O3. The molecule has 0 spiro atoms. The van der Waals surface area contributed by atoms with Crippen LogP contribution in [0.5, 0.6) is 0 Å². The van der Waals surface area contributed by atoms with Crippen LogP contribution in [0.25, 0.3) is 0 Å². The Labute approximate surface area is 211 Å². The van der Waals surface area contributed by atoms with Crippen LogP contribution in [0.1, 0.15) is 44.7 Å². The minimum absolute atomic E-state index is 0.0496. The monoisotopic (exact) mass is 484 g/mol. The lowest BCUT2D eigenvalue weighted by Gasteiger charge is -2.32. The van der Waals surface area contributed by atoms with Gasteiger partial charge in [0.25, 0.3) is 11.8 Å². The smallest absolute Gasteiger partial charge is 0.253 e. The van der Waals surface area contributed by atoms with Crippen molar-refractivity contribution in [2.24, 2.45) is 0 Å². The van der Waals surface area contributed by atoms with Crippen molar-refractivity contribution >= 4 is 23.4 Å². The maximum Gasteiger partial charge on any atom is 0.253 e. The van der Waals surface area contributed by atoms with Gasteiger partial charge < -0.3 is 16.0 Å².